The molecule has 1 aromatic heterocycles. The third kappa shape index (κ3) is 7.45. The SMILES string of the molecule is CCc1nc(CCNC(=NC)NCc2ccc(C(=O)N(C)C)cc2)cs1.I. The van der Waals surface area contributed by atoms with Crippen LogP contribution in [0.4, 0.5) is 0 Å². The van der Waals surface area contributed by atoms with Crippen LogP contribution in [0.15, 0.2) is 34.6 Å². The second-order valence-corrected chi connectivity index (χ2v) is 7.03. The van der Waals surface area contributed by atoms with Crippen molar-refractivity contribution in [1.82, 2.24) is 20.5 Å². The molecule has 0 bridgehead atoms. The molecular formula is C19H28IN5OS. The smallest absolute Gasteiger partial charge is 0.253 e. The Morgan fingerprint density at radius 1 is 1.22 bits per heavy atom. The van der Waals surface area contributed by atoms with Gasteiger partial charge in [-0.15, -0.1) is 35.3 Å². The average Bonchev–Trinajstić information content (AvgIpc) is 3.12. The van der Waals surface area contributed by atoms with Gasteiger partial charge in [-0.2, -0.15) is 0 Å². The molecule has 8 heteroatoms. The number of aromatic nitrogens is 1. The highest BCUT2D eigenvalue weighted by Gasteiger charge is 2.07. The van der Waals surface area contributed by atoms with E-state index in [0.717, 1.165) is 36.6 Å². The maximum Gasteiger partial charge on any atom is 0.253 e. The molecule has 0 aliphatic rings. The monoisotopic (exact) mass is 501 g/mol. The summed E-state index contributed by atoms with van der Waals surface area (Å²) >= 11 is 1.71. The summed E-state index contributed by atoms with van der Waals surface area (Å²) < 4.78 is 0. The number of benzene rings is 1. The lowest BCUT2D eigenvalue weighted by Gasteiger charge is -2.13. The number of halogens is 1. The number of aryl methyl sites for hydroxylation is 1. The molecule has 148 valence electrons. The van der Waals surface area contributed by atoms with Crippen LogP contribution >= 0.6 is 35.3 Å². The van der Waals surface area contributed by atoms with E-state index in [1.165, 1.54) is 5.01 Å². The molecule has 0 spiro atoms. The van der Waals surface area contributed by atoms with E-state index in [1.807, 2.05) is 24.3 Å². The first-order valence-corrected chi connectivity index (χ1v) is 9.59. The summed E-state index contributed by atoms with van der Waals surface area (Å²) in [5.41, 5.74) is 2.90. The zero-order chi connectivity index (χ0) is 18.9. The van der Waals surface area contributed by atoms with E-state index in [9.17, 15) is 4.79 Å². The van der Waals surface area contributed by atoms with Crippen LogP contribution in [0.5, 0.6) is 0 Å². The molecule has 2 rings (SSSR count). The summed E-state index contributed by atoms with van der Waals surface area (Å²) in [4.78, 5) is 22.3. The topological polar surface area (TPSA) is 69.6 Å². The number of hydrogen-bond acceptors (Lipinski definition) is 4. The molecule has 0 radical (unpaired) electrons. The maximum atomic E-state index is 11.9. The zero-order valence-electron chi connectivity index (χ0n) is 16.3. The van der Waals surface area contributed by atoms with Crippen molar-refractivity contribution in [3.63, 3.8) is 0 Å². The Hall–Kier alpha value is -1.68. The highest BCUT2D eigenvalue weighted by atomic mass is 127. The number of guanidine groups is 1. The fourth-order valence-corrected chi connectivity index (χ4v) is 3.14. The van der Waals surface area contributed by atoms with Crippen molar-refractivity contribution in [2.24, 2.45) is 4.99 Å². The lowest BCUT2D eigenvalue weighted by molar-refractivity contribution is 0.0827. The van der Waals surface area contributed by atoms with Crippen LogP contribution in [0.1, 0.15) is 33.5 Å². The van der Waals surface area contributed by atoms with Crippen molar-refractivity contribution in [3.8, 4) is 0 Å². The molecule has 2 N–H and O–H groups in total. The third-order valence-electron chi connectivity index (χ3n) is 3.87. The van der Waals surface area contributed by atoms with E-state index >= 15 is 0 Å². The molecule has 0 saturated heterocycles. The Morgan fingerprint density at radius 3 is 2.48 bits per heavy atom. The van der Waals surface area contributed by atoms with Crippen LogP contribution in [-0.2, 0) is 19.4 Å². The number of amides is 1. The van der Waals surface area contributed by atoms with Crippen LogP contribution in [-0.4, -0.2) is 49.4 Å². The molecule has 2 aromatic rings. The molecule has 0 aliphatic carbocycles. The summed E-state index contributed by atoms with van der Waals surface area (Å²) in [6.45, 7) is 3.55. The average molecular weight is 501 g/mol. The van der Waals surface area contributed by atoms with Gasteiger partial charge in [0, 0.05) is 51.6 Å². The van der Waals surface area contributed by atoms with Crippen LogP contribution < -0.4 is 10.6 Å². The first-order valence-electron chi connectivity index (χ1n) is 8.71. The Morgan fingerprint density at radius 2 is 1.93 bits per heavy atom. The fourth-order valence-electron chi connectivity index (χ4n) is 2.36. The molecule has 1 heterocycles. The Balaban J connectivity index is 0.00000364. The van der Waals surface area contributed by atoms with Crippen LogP contribution in [0.25, 0.3) is 0 Å². The van der Waals surface area contributed by atoms with Gasteiger partial charge >= 0.3 is 0 Å². The molecule has 6 nitrogen and oxygen atoms in total. The summed E-state index contributed by atoms with van der Waals surface area (Å²) in [6.07, 6.45) is 1.86. The summed E-state index contributed by atoms with van der Waals surface area (Å²) in [5, 5.41) is 9.89. The first kappa shape index (κ1) is 23.4. The molecule has 27 heavy (non-hydrogen) atoms. The lowest BCUT2D eigenvalue weighted by atomic mass is 10.1. The number of nitrogens with one attached hydrogen (secondary N) is 2. The van der Waals surface area contributed by atoms with Crippen molar-refractivity contribution >= 4 is 47.2 Å². The zero-order valence-corrected chi connectivity index (χ0v) is 19.4. The van der Waals surface area contributed by atoms with E-state index in [1.54, 1.807) is 37.4 Å². The first-order chi connectivity index (χ1) is 12.5. The van der Waals surface area contributed by atoms with Gasteiger partial charge in [-0.05, 0) is 24.1 Å². The number of hydrogen-bond donors (Lipinski definition) is 2. The minimum absolute atomic E-state index is 0. The highest BCUT2D eigenvalue weighted by molar-refractivity contribution is 14.0. The quantitative estimate of drug-likeness (QED) is 0.348. The van der Waals surface area contributed by atoms with Crippen LogP contribution in [0.2, 0.25) is 0 Å². The number of nitrogens with zero attached hydrogens (tertiary/aromatic N) is 3. The van der Waals surface area contributed by atoms with E-state index in [4.69, 9.17) is 0 Å². The van der Waals surface area contributed by atoms with Gasteiger partial charge in [0.2, 0.25) is 0 Å². The molecule has 0 saturated carbocycles. The van der Waals surface area contributed by atoms with Crippen molar-refractivity contribution in [1.29, 1.82) is 0 Å². The number of carbonyl (C=O) groups is 1. The number of carbonyl (C=O) groups excluding carboxylic acids is 1. The summed E-state index contributed by atoms with van der Waals surface area (Å²) in [6, 6.07) is 7.61. The van der Waals surface area contributed by atoms with Crippen LogP contribution in [0.3, 0.4) is 0 Å². The van der Waals surface area contributed by atoms with E-state index < -0.39 is 0 Å². The minimum atomic E-state index is 0. The Bertz CT molecular complexity index is 743. The van der Waals surface area contributed by atoms with Crippen molar-refractivity contribution < 1.29 is 4.79 Å². The standard InChI is InChI=1S/C19H27N5OS.HI/c1-5-17-23-16(13-26-17)10-11-21-19(20-2)22-12-14-6-8-15(9-7-14)18(25)24(3)4;/h6-9,13H,5,10-12H2,1-4H3,(H2,20,21,22);1H. The second-order valence-electron chi connectivity index (χ2n) is 6.09. The third-order valence-corrected chi connectivity index (χ3v) is 4.91. The molecule has 0 unspecified atom stereocenters. The Kier molecular flexibility index (Phi) is 10.3. The summed E-state index contributed by atoms with van der Waals surface area (Å²) in [5.74, 6) is 0.764. The molecule has 1 aromatic carbocycles. The number of rotatable bonds is 7. The second kappa shape index (κ2) is 11.9. The molecule has 1 amide bonds. The predicted octanol–water partition coefficient (Wildman–Crippen LogP) is 2.93. The van der Waals surface area contributed by atoms with Crippen molar-refractivity contribution in [2.45, 2.75) is 26.3 Å². The predicted molar refractivity (Wildman–Crippen MR) is 123 cm³/mol. The van der Waals surface area contributed by atoms with E-state index in [-0.39, 0.29) is 29.9 Å². The Labute approximate surface area is 182 Å². The molecule has 0 aliphatic heterocycles. The van der Waals surface area contributed by atoms with Gasteiger partial charge in [-0.3, -0.25) is 9.79 Å². The number of aliphatic imine (C=N–C) groups is 1. The van der Waals surface area contributed by atoms with Gasteiger partial charge < -0.3 is 15.5 Å². The van der Waals surface area contributed by atoms with Gasteiger partial charge in [0.25, 0.3) is 5.91 Å². The number of thiazole rings is 1. The highest BCUT2D eigenvalue weighted by Crippen LogP contribution is 2.10. The van der Waals surface area contributed by atoms with Crippen molar-refractivity contribution in [2.75, 3.05) is 27.7 Å². The van der Waals surface area contributed by atoms with Gasteiger partial charge in [0.05, 0.1) is 10.7 Å². The van der Waals surface area contributed by atoms with E-state index in [0.29, 0.717) is 12.1 Å². The molecule has 0 fully saturated rings. The van der Waals surface area contributed by atoms with E-state index in [2.05, 4.69) is 32.9 Å². The van der Waals surface area contributed by atoms with Gasteiger partial charge in [-0.25, -0.2) is 4.98 Å². The molecular weight excluding hydrogens is 473 g/mol. The van der Waals surface area contributed by atoms with Gasteiger partial charge in [0.1, 0.15) is 0 Å². The lowest BCUT2D eigenvalue weighted by Crippen LogP contribution is -2.37. The minimum Gasteiger partial charge on any atom is -0.356 e. The fraction of sp³-hybridized carbons (Fsp3) is 0.421. The normalized spacial score (nSPS) is 10.9. The summed E-state index contributed by atoms with van der Waals surface area (Å²) in [7, 11) is 5.26. The van der Waals surface area contributed by atoms with Gasteiger partial charge in [-0.1, -0.05) is 19.1 Å². The molecule has 0 atom stereocenters. The van der Waals surface area contributed by atoms with Crippen LogP contribution in [0, 0.1) is 0 Å². The maximum absolute atomic E-state index is 11.9. The van der Waals surface area contributed by atoms with Gasteiger partial charge in [0.15, 0.2) is 5.96 Å². The largest absolute Gasteiger partial charge is 0.356 e. The van der Waals surface area contributed by atoms with Crippen molar-refractivity contribution in [3.05, 3.63) is 51.5 Å².